The van der Waals surface area contributed by atoms with E-state index >= 15 is 0 Å². The third kappa shape index (κ3) is 3.10. The normalized spacial score (nSPS) is 10.2. The number of nitrogen functional groups attached to an aromatic ring is 1. The predicted octanol–water partition coefficient (Wildman–Crippen LogP) is 2.82. The Morgan fingerprint density at radius 1 is 1.32 bits per heavy atom. The van der Waals surface area contributed by atoms with Gasteiger partial charge in [-0.15, -0.1) is 0 Å². The molecule has 2 N–H and O–H groups in total. The topological polar surface area (TPSA) is 65.2 Å². The number of anilines is 1. The molecule has 0 radical (unpaired) electrons. The Hall–Kier alpha value is -2.36. The van der Waals surface area contributed by atoms with Crippen LogP contribution in [0.15, 0.2) is 36.4 Å². The van der Waals surface area contributed by atoms with Gasteiger partial charge in [-0.2, -0.15) is 0 Å². The lowest BCUT2D eigenvalue weighted by Crippen LogP contribution is -2.07. The molecule has 2 rings (SSSR count). The van der Waals surface area contributed by atoms with Gasteiger partial charge in [-0.25, -0.2) is 9.78 Å². The van der Waals surface area contributed by atoms with E-state index in [-0.39, 0.29) is 0 Å². The van der Waals surface area contributed by atoms with Crippen LogP contribution in [0.3, 0.4) is 0 Å². The molecule has 1 aromatic carbocycles. The third-order valence-electron chi connectivity index (χ3n) is 2.63. The van der Waals surface area contributed by atoms with Crippen molar-refractivity contribution in [3.05, 3.63) is 47.7 Å². The molecule has 4 nitrogen and oxygen atoms in total. The highest BCUT2D eigenvalue weighted by atomic mass is 16.5. The predicted molar refractivity (Wildman–Crippen MR) is 74.8 cm³/mol. The van der Waals surface area contributed by atoms with Gasteiger partial charge in [0.2, 0.25) is 0 Å². The van der Waals surface area contributed by atoms with Crippen molar-refractivity contribution in [2.24, 2.45) is 0 Å². The molecule has 0 amide bonds. The molecule has 0 saturated carbocycles. The van der Waals surface area contributed by atoms with Gasteiger partial charge in [0.05, 0.1) is 12.3 Å². The minimum Gasteiger partial charge on any atom is -0.461 e. The molecule has 0 spiro atoms. The standard InChI is InChI=1S/C15H16N2O2/c1-3-19-15(18)14-6-4-5-13(17-14)11-7-10(2)8-12(16)9-11/h4-9H,3,16H2,1-2H3. The first-order valence-corrected chi connectivity index (χ1v) is 6.12. The third-order valence-corrected chi connectivity index (χ3v) is 2.63. The Morgan fingerprint density at radius 2 is 2.11 bits per heavy atom. The molecule has 2 aromatic rings. The highest BCUT2D eigenvalue weighted by Crippen LogP contribution is 2.22. The summed E-state index contributed by atoms with van der Waals surface area (Å²) in [5.41, 5.74) is 9.46. The van der Waals surface area contributed by atoms with Gasteiger partial charge in [0.15, 0.2) is 0 Å². The van der Waals surface area contributed by atoms with Crippen LogP contribution < -0.4 is 5.73 Å². The number of aryl methyl sites for hydroxylation is 1. The molecular formula is C15H16N2O2. The average Bonchev–Trinajstić information content (AvgIpc) is 2.38. The molecular weight excluding hydrogens is 240 g/mol. The van der Waals surface area contributed by atoms with Gasteiger partial charge in [0, 0.05) is 11.3 Å². The Balaban J connectivity index is 2.40. The van der Waals surface area contributed by atoms with Crippen LogP contribution in [0.1, 0.15) is 23.0 Å². The number of hydrogen-bond acceptors (Lipinski definition) is 4. The van der Waals surface area contributed by atoms with E-state index in [2.05, 4.69) is 4.98 Å². The molecule has 0 aliphatic rings. The molecule has 19 heavy (non-hydrogen) atoms. The lowest BCUT2D eigenvalue weighted by molar-refractivity contribution is 0.0519. The zero-order valence-corrected chi connectivity index (χ0v) is 11.0. The number of carbonyl (C=O) groups is 1. The number of aromatic nitrogens is 1. The van der Waals surface area contributed by atoms with Gasteiger partial charge in [-0.05, 0) is 49.7 Å². The van der Waals surface area contributed by atoms with Crippen LogP contribution in [0.2, 0.25) is 0 Å². The Morgan fingerprint density at radius 3 is 2.79 bits per heavy atom. The van der Waals surface area contributed by atoms with E-state index in [1.807, 2.05) is 31.2 Å². The minimum absolute atomic E-state index is 0.305. The lowest BCUT2D eigenvalue weighted by atomic mass is 10.1. The summed E-state index contributed by atoms with van der Waals surface area (Å²) in [6, 6.07) is 11.0. The number of benzene rings is 1. The molecule has 98 valence electrons. The van der Waals surface area contributed by atoms with E-state index in [4.69, 9.17) is 10.5 Å². The summed E-state index contributed by atoms with van der Waals surface area (Å²) in [6.07, 6.45) is 0. The van der Waals surface area contributed by atoms with E-state index < -0.39 is 5.97 Å². The number of nitrogens with two attached hydrogens (primary N) is 1. The second-order valence-corrected chi connectivity index (χ2v) is 4.26. The van der Waals surface area contributed by atoms with E-state index in [0.717, 1.165) is 11.1 Å². The van der Waals surface area contributed by atoms with Crippen molar-refractivity contribution in [3.63, 3.8) is 0 Å². The number of ether oxygens (including phenoxy) is 1. The van der Waals surface area contributed by atoms with Gasteiger partial charge in [-0.3, -0.25) is 0 Å². The average molecular weight is 256 g/mol. The summed E-state index contributed by atoms with van der Waals surface area (Å²) >= 11 is 0. The van der Waals surface area contributed by atoms with Gasteiger partial charge in [0.1, 0.15) is 5.69 Å². The smallest absolute Gasteiger partial charge is 0.356 e. The lowest BCUT2D eigenvalue weighted by Gasteiger charge is -2.06. The fourth-order valence-electron chi connectivity index (χ4n) is 1.87. The van der Waals surface area contributed by atoms with E-state index in [0.29, 0.717) is 23.7 Å². The fraction of sp³-hybridized carbons (Fsp3) is 0.200. The fourth-order valence-corrected chi connectivity index (χ4v) is 1.87. The van der Waals surface area contributed by atoms with Crippen LogP contribution in [-0.2, 0) is 4.74 Å². The highest BCUT2D eigenvalue weighted by molar-refractivity contribution is 5.88. The van der Waals surface area contributed by atoms with Crippen molar-refractivity contribution in [2.45, 2.75) is 13.8 Å². The molecule has 0 bridgehead atoms. The van der Waals surface area contributed by atoms with Crippen molar-refractivity contribution in [1.29, 1.82) is 0 Å². The zero-order chi connectivity index (χ0) is 13.8. The molecule has 4 heteroatoms. The van der Waals surface area contributed by atoms with Gasteiger partial charge < -0.3 is 10.5 Å². The van der Waals surface area contributed by atoms with Crippen LogP contribution in [0.25, 0.3) is 11.3 Å². The van der Waals surface area contributed by atoms with Gasteiger partial charge >= 0.3 is 5.97 Å². The van der Waals surface area contributed by atoms with E-state index in [1.165, 1.54) is 0 Å². The monoisotopic (exact) mass is 256 g/mol. The maximum Gasteiger partial charge on any atom is 0.356 e. The Bertz CT molecular complexity index is 589. The molecule has 0 aliphatic carbocycles. The minimum atomic E-state index is -0.412. The number of pyridine rings is 1. The summed E-state index contributed by atoms with van der Waals surface area (Å²) in [5.74, 6) is -0.412. The summed E-state index contributed by atoms with van der Waals surface area (Å²) in [4.78, 5) is 16.0. The number of rotatable bonds is 3. The van der Waals surface area contributed by atoms with Crippen molar-refractivity contribution in [1.82, 2.24) is 4.98 Å². The summed E-state index contributed by atoms with van der Waals surface area (Å²) in [7, 11) is 0. The second-order valence-electron chi connectivity index (χ2n) is 4.26. The summed E-state index contributed by atoms with van der Waals surface area (Å²) in [5, 5.41) is 0. The molecule has 1 heterocycles. The molecule has 0 atom stereocenters. The van der Waals surface area contributed by atoms with Crippen LogP contribution in [0.5, 0.6) is 0 Å². The van der Waals surface area contributed by atoms with E-state index in [1.54, 1.807) is 19.1 Å². The quantitative estimate of drug-likeness (QED) is 0.677. The number of esters is 1. The first-order valence-electron chi connectivity index (χ1n) is 6.12. The Labute approximate surface area is 112 Å². The summed E-state index contributed by atoms with van der Waals surface area (Å²) < 4.78 is 4.94. The molecule has 0 saturated heterocycles. The summed E-state index contributed by atoms with van der Waals surface area (Å²) in [6.45, 7) is 4.07. The molecule has 0 unspecified atom stereocenters. The van der Waals surface area contributed by atoms with Gasteiger partial charge in [0.25, 0.3) is 0 Å². The molecule has 1 aromatic heterocycles. The van der Waals surface area contributed by atoms with Crippen LogP contribution in [0.4, 0.5) is 5.69 Å². The van der Waals surface area contributed by atoms with Crippen molar-refractivity contribution >= 4 is 11.7 Å². The molecule has 0 fully saturated rings. The highest BCUT2D eigenvalue weighted by Gasteiger charge is 2.09. The van der Waals surface area contributed by atoms with E-state index in [9.17, 15) is 4.79 Å². The number of carbonyl (C=O) groups excluding carboxylic acids is 1. The number of hydrogen-bond donors (Lipinski definition) is 1. The maximum atomic E-state index is 11.7. The van der Waals surface area contributed by atoms with Crippen LogP contribution in [0, 0.1) is 6.92 Å². The number of nitrogens with zero attached hydrogens (tertiary/aromatic N) is 1. The first-order chi connectivity index (χ1) is 9.10. The largest absolute Gasteiger partial charge is 0.461 e. The zero-order valence-electron chi connectivity index (χ0n) is 11.0. The molecule has 0 aliphatic heterocycles. The van der Waals surface area contributed by atoms with Crippen LogP contribution in [-0.4, -0.2) is 17.6 Å². The van der Waals surface area contributed by atoms with Crippen molar-refractivity contribution in [3.8, 4) is 11.3 Å². The van der Waals surface area contributed by atoms with Gasteiger partial charge in [-0.1, -0.05) is 6.07 Å². The first kappa shape index (κ1) is 13.1. The van der Waals surface area contributed by atoms with Crippen molar-refractivity contribution in [2.75, 3.05) is 12.3 Å². The Kier molecular flexibility index (Phi) is 3.80. The second kappa shape index (κ2) is 5.52. The maximum absolute atomic E-state index is 11.7. The van der Waals surface area contributed by atoms with Crippen LogP contribution >= 0.6 is 0 Å². The van der Waals surface area contributed by atoms with Crippen molar-refractivity contribution < 1.29 is 9.53 Å². The SMILES string of the molecule is CCOC(=O)c1cccc(-c2cc(C)cc(N)c2)n1.